The Labute approximate surface area is 254 Å². The van der Waals surface area contributed by atoms with Crippen LogP contribution in [0, 0.1) is 0 Å². The summed E-state index contributed by atoms with van der Waals surface area (Å²) in [7, 11) is 0. The average Bonchev–Trinajstić information content (AvgIpc) is 3.72. The fourth-order valence-corrected chi connectivity index (χ4v) is 7.85. The molecule has 1 saturated carbocycles. The van der Waals surface area contributed by atoms with Gasteiger partial charge in [0.15, 0.2) is 17.6 Å². The number of imide groups is 1. The van der Waals surface area contributed by atoms with Crippen LogP contribution in [-0.2, 0) is 10.2 Å². The van der Waals surface area contributed by atoms with Crippen LogP contribution in [0.1, 0.15) is 61.9 Å². The van der Waals surface area contributed by atoms with Gasteiger partial charge in [-0.05, 0) is 30.7 Å². The number of urea groups is 1. The smallest absolute Gasteiger partial charge is 0.327 e. The number of fused-ring (bicyclic) bond motifs is 1. The molecule has 0 aromatic heterocycles. The lowest BCUT2D eigenvalue weighted by molar-refractivity contribution is -0.230. The van der Waals surface area contributed by atoms with Crippen molar-refractivity contribution in [3.05, 3.63) is 29.3 Å². The second-order valence-electron chi connectivity index (χ2n) is 13.3. The van der Waals surface area contributed by atoms with Gasteiger partial charge in [0, 0.05) is 18.2 Å². The van der Waals surface area contributed by atoms with E-state index in [0.29, 0.717) is 12.4 Å². The molecule has 15 nitrogen and oxygen atoms in total. The molecule has 6 aliphatic rings. The number of carbonyl (C=O) groups is 3. The molecule has 0 bridgehead atoms. The number of aliphatic hydroxyl groups is 2. The predicted octanol–water partition coefficient (Wildman–Crippen LogP) is -1.27. The van der Waals surface area contributed by atoms with E-state index in [1.165, 1.54) is 4.90 Å². The lowest BCUT2D eigenvalue weighted by Gasteiger charge is -2.49. The number of nitrogens with two attached hydrogens (primary N) is 2. The minimum atomic E-state index is -2.67. The second-order valence-corrected chi connectivity index (χ2v) is 13.3. The van der Waals surface area contributed by atoms with Gasteiger partial charge >= 0.3 is 6.03 Å². The lowest BCUT2D eigenvalue weighted by Crippen LogP contribution is -2.78. The van der Waals surface area contributed by atoms with Crippen LogP contribution in [0.15, 0.2) is 28.2 Å². The number of carbonyl (C=O) groups excluding carboxylic acids is 3. The summed E-state index contributed by atoms with van der Waals surface area (Å²) in [5.74, 6) is -3.27. The number of hydrogen-bond donors (Lipinski definition) is 6. The highest BCUT2D eigenvalue weighted by Crippen LogP contribution is 2.46. The Kier molecular flexibility index (Phi) is 6.31. The molecule has 5 aliphatic heterocycles. The fourth-order valence-electron chi connectivity index (χ4n) is 7.85. The quantitative estimate of drug-likeness (QED) is 0.172. The molecule has 15 heteroatoms. The minimum absolute atomic E-state index is 0.0108. The monoisotopic (exact) mass is 609 g/mol. The van der Waals surface area contributed by atoms with Crippen LogP contribution in [0.4, 0.5) is 4.79 Å². The van der Waals surface area contributed by atoms with Gasteiger partial charge in [-0.2, -0.15) is 0 Å². The molecule has 1 aliphatic carbocycles. The maximum Gasteiger partial charge on any atom is 0.327 e. The number of aliphatic imine (C=N–C) groups is 2. The summed E-state index contributed by atoms with van der Waals surface area (Å²) in [4.78, 5) is 53.2. The molecular weight excluding hydrogens is 570 g/mol. The van der Waals surface area contributed by atoms with Crippen molar-refractivity contribution < 1.29 is 29.3 Å². The Hall–Kier alpha value is -4.11. The zero-order valence-corrected chi connectivity index (χ0v) is 24.8. The number of benzene rings is 1. The standard InChI is InChI=1S/C29H39N9O6/c1-27(2)10-11-44-21-16(8-5-9-17(21)27)23(40)33-19-13-38-25(31)32-18(22-28(38,29(19,42)43)35-24(30)34-22)12-37-20(39)14-36(26(37)41)15-6-3-4-7-15/h5,8-9,15,18-19,22,42-43H,3-4,6-7,10-14H2,1-2H3,(H2,31,32)(H,33,40)(H3,30,34,35)/t18-,19?,22-,28-/m0/s1. The molecule has 1 aromatic carbocycles. The van der Waals surface area contributed by atoms with Crippen molar-refractivity contribution in [2.45, 2.75) is 87.0 Å². The molecule has 2 saturated heterocycles. The van der Waals surface area contributed by atoms with E-state index in [1.54, 1.807) is 17.0 Å². The van der Waals surface area contributed by atoms with Crippen LogP contribution in [0.3, 0.4) is 0 Å². The van der Waals surface area contributed by atoms with Gasteiger partial charge < -0.3 is 46.9 Å². The average molecular weight is 610 g/mol. The predicted molar refractivity (Wildman–Crippen MR) is 157 cm³/mol. The Morgan fingerprint density at radius 2 is 1.93 bits per heavy atom. The third kappa shape index (κ3) is 3.98. The largest absolute Gasteiger partial charge is 0.492 e. The summed E-state index contributed by atoms with van der Waals surface area (Å²) in [6.45, 7) is 4.30. The maximum atomic E-state index is 13.7. The third-order valence-electron chi connectivity index (χ3n) is 10.3. The molecule has 8 N–H and O–H groups in total. The first-order chi connectivity index (χ1) is 20.8. The highest BCUT2D eigenvalue weighted by molar-refractivity contribution is 6.02. The van der Waals surface area contributed by atoms with Gasteiger partial charge in [0.05, 0.1) is 24.8 Å². The molecule has 1 unspecified atom stereocenters. The first-order valence-electron chi connectivity index (χ1n) is 15.2. The maximum absolute atomic E-state index is 13.7. The van der Waals surface area contributed by atoms with Crippen LogP contribution in [-0.4, -0.2) is 117 Å². The van der Waals surface area contributed by atoms with E-state index < -0.39 is 41.5 Å². The van der Waals surface area contributed by atoms with Crippen molar-refractivity contribution >= 4 is 29.8 Å². The molecule has 4 atom stereocenters. The molecule has 1 spiro atoms. The van der Waals surface area contributed by atoms with E-state index in [4.69, 9.17) is 16.2 Å². The lowest BCUT2D eigenvalue weighted by atomic mass is 9.79. The van der Waals surface area contributed by atoms with Gasteiger partial charge in [-0.25, -0.2) is 14.8 Å². The summed E-state index contributed by atoms with van der Waals surface area (Å²) >= 11 is 0. The van der Waals surface area contributed by atoms with E-state index in [9.17, 15) is 24.6 Å². The van der Waals surface area contributed by atoms with Crippen LogP contribution >= 0.6 is 0 Å². The topological polar surface area (TPSA) is 211 Å². The number of nitrogens with zero attached hydrogens (tertiary/aromatic N) is 5. The summed E-state index contributed by atoms with van der Waals surface area (Å²) in [6.07, 6.45) is 4.52. The normalized spacial score (nSPS) is 32.0. The van der Waals surface area contributed by atoms with E-state index in [0.717, 1.165) is 42.6 Å². The number of ether oxygens (including phenoxy) is 1. The number of para-hydroxylation sites is 1. The molecule has 7 rings (SSSR count). The Morgan fingerprint density at radius 1 is 1.18 bits per heavy atom. The van der Waals surface area contributed by atoms with E-state index in [-0.39, 0.29) is 54.5 Å². The molecule has 5 heterocycles. The summed E-state index contributed by atoms with van der Waals surface area (Å²) in [6, 6.07) is 1.71. The van der Waals surface area contributed by atoms with Gasteiger partial charge in [0.1, 0.15) is 24.4 Å². The number of rotatable bonds is 5. The molecule has 0 radical (unpaired) electrons. The summed E-state index contributed by atoms with van der Waals surface area (Å²) < 4.78 is 5.91. The first kappa shape index (κ1) is 28.6. The van der Waals surface area contributed by atoms with E-state index in [1.807, 2.05) is 6.07 Å². The van der Waals surface area contributed by atoms with Gasteiger partial charge in [-0.15, -0.1) is 0 Å². The van der Waals surface area contributed by atoms with Gasteiger partial charge in [0.25, 0.3) is 5.91 Å². The second kappa shape index (κ2) is 9.69. The van der Waals surface area contributed by atoms with Gasteiger partial charge in [-0.3, -0.25) is 14.5 Å². The number of amides is 4. The SMILES string of the molecule is CC1(C)CCOc2c(C(=O)NC3CN4C(N)=N[C@@H](CN5C(=O)CN(C6CCCC6)C5=O)[C@@H]5N=C(N)N[C@@]54C3(O)O)cccc21. The van der Waals surface area contributed by atoms with Crippen LogP contribution in [0.25, 0.3) is 0 Å². The molecule has 44 heavy (non-hydrogen) atoms. The van der Waals surface area contributed by atoms with Crippen molar-refractivity contribution in [2.24, 2.45) is 21.5 Å². The molecule has 4 amide bonds. The van der Waals surface area contributed by atoms with Crippen molar-refractivity contribution in [3.63, 3.8) is 0 Å². The zero-order chi connectivity index (χ0) is 31.2. The Balaban J connectivity index is 1.16. The van der Waals surface area contributed by atoms with Crippen LogP contribution in [0.2, 0.25) is 0 Å². The molecule has 1 aromatic rings. The van der Waals surface area contributed by atoms with Crippen molar-refractivity contribution in [1.29, 1.82) is 0 Å². The fraction of sp³-hybridized carbons (Fsp3) is 0.621. The minimum Gasteiger partial charge on any atom is -0.492 e. The number of hydrogen-bond acceptors (Lipinski definition) is 12. The number of nitrogens with one attached hydrogen (secondary N) is 2. The molecule has 3 fully saturated rings. The third-order valence-corrected chi connectivity index (χ3v) is 10.3. The molecular formula is C29H39N9O6. The number of guanidine groups is 2. The van der Waals surface area contributed by atoms with Crippen LogP contribution in [0.5, 0.6) is 5.75 Å². The first-order valence-corrected chi connectivity index (χ1v) is 15.2. The Bertz CT molecular complexity index is 1490. The van der Waals surface area contributed by atoms with Gasteiger partial charge in [-0.1, -0.05) is 38.8 Å². The van der Waals surface area contributed by atoms with Crippen molar-refractivity contribution in [1.82, 2.24) is 25.3 Å². The highest BCUT2D eigenvalue weighted by atomic mass is 16.5. The Morgan fingerprint density at radius 3 is 2.68 bits per heavy atom. The van der Waals surface area contributed by atoms with Crippen molar-refractivity contribution in [3.8, 4) is 5.75 Å². The van der Waals surface area contributed by atoms with Crippen molar-refractivity contribution in [2.75, 3.05) is 26.2 Å². The van der Waals surface area contributed by atoms with Crippen LogP contribution < -0.4 is 26.8 Å². The molecule has 236 valence electrons. The summed E-state index contributed by atoms with van der Waals surface area (Å²) in [5.41, 5.74) is 11.7. The van der Waals surface area contributed by atoms with Gasteiger partial charge in [0.2, 0.25) is 11.7 Å². The van der Waals surface area contributed by atoms with E-state index in [2.05, 4.69) is 34.5 Å². The zero-order valence-electron chi connectivity index (χ0n) is 24.8. The summed E-state index contributed by atoms with van der Waals surface area (Å²) in [5, 5.41) is 29.4. The van der Waals surface area contributed by atoms with E-state index >= 15 is 0 Å². The highest BCUT2D eigenvalue weighted by Gasteiger charge is 2.73.